The van der Waals surface area contributed by atoms with Crippen molar-refractivity contribution < 1.29 is 23.8 Å². The Bertz CT molecular complexity index is 940. The van der Waals surface area contributed by atoms with Crippen molar-refractivity contribution in [3.05, 3.63) is 53.1 Å². The van der Waals surface area contributed by atoms with Gasteiger partial charge in [0.25, 0.3) is 0 Å². The Morgan fingerprint density at radius 3 is 2.46 bits per heavy atom. The highest BCUT2D eigenvalue weighted by molar-refractivity contribution is 6.01. The van der Waals surface area contributed by atoms with Gasteiger partial charge in [0, 0.05) is 11.5 Å². The van der Waals surface area contributed by atoms with Gasteiger partial charge in [-0.3, -0.25) is 9.59 Å². The van der Waals surface area contributed by atoms with Crippen LogP contribution in [0.3, 0.4) is 0 Å². The number of hydrogen-bond acceptors (Lipinski definition) is 5. The first-order chi connectivity index (χ1) is 13.2. The first kappa shape index (κ1) is 18.5. The number of ether oxygens (including phenoxy) is 3. The molecule has 146 valence electrons. The van der Waals surface area contributed by atoms with Crippen molar-refractivity contribution in [2.24, 2.45) is 0 Å². The number of Topliss-reactive ketones (excluding diaryl/α,β-unsaturated/α-hetero) is 1. The van der Waals surface area contributed by atoms with Gasteiger partial charge in [0.05, 0.1) is 24.5 Å². The van der Waals surface area contributed by atoms with Gasteiger partial charge in [-0.25, -0.2) is 0 Å². The molecule has 0 saturated heterocycles. The summed E-state index contributed by atoms with van der Waals surface area (Å²) in [4.78, 5) is 24.9. The molecule has 5 heteroatoms. The van der Waals surface area contributed by atoms with Crippen LogP contribution in [0, 0.1) is 0 Å². The summed E-state index contributed by atoms with van der Waals surface area (Å²) in [7, 11) is 0. The molecule has 2 aliphatic heterocycles. The van der Waals surface area contributed by atoms with Crippen molar-refractivity contribution in [2.75, 3.05) is 0 Å². The molecule has 2 aromatic carbocycles. The van der Waals surface area contributed by atoms with Gasteiger partial charge >= 0.3 is 5.97 Å². The molecule has 2 aliphatic rings. The molecule has 2 heterocycles. The Hall–Kier alpha value is -2.82. The Labute approximate surface area is 164 Å². The number of esters is 1. The molecule has 0 amide bonds. The van der Waals surface area contributed by atoms with E-state index in [4.69, 9.17) is 14.2 Å². The Morgan fingerprint density at radius 2 is 1.79 bits per heavy atom. The zero-order valence-electron chi connectivity index (χ0n) is 16.6. The summed E-state index contributed by atoms with van der Waals surface area (Å²) in [6.07, 6.45) is 0.612. The van der Waals surface area contributed by atoms with E-state index in [1.54, 1.807) is 12.1 Å². The highest BCUT2D eigenvalue weighted by atomic mass is 16.5. The molecule has 28 heavy (non-hydrogen) atoms. The van der Waals surface area contributed by atoms with Gasteiger partial charge in [-0.05, 0) is 57.5 Å². The van der Waals surface area contributed by atoms with Crippen LogP contribution < -0.4 is 14.2 Å². The minimum absolute atomic E-state index is 0.0466. The van der Waals surface area contributed by atoms with Crippen LogP contribution in [-0.2, 0) is 4.79 Å². The van der Waals surface area contributed by atoms with Crippen LogP contribution in [0.15, 0.2) is 36.4 Å². The maximum absolute atomic E-state index is 12.6. The molecule has 0 spiro atoms. The SMILES string of the molecule is CC(C)Oc1ccc(C2CC(=O)Oc3ccc4c(c32)OC(C)(C)CC4=O)cc1. The second-order valence-electron chi connectivity index (χ2n) is 8.28. The summed E-state index contributed by atoms with van der Waals surface area (Å²) in [5, 5.41) is 0. The van der Waals surface area contributed by atoms with E-state index in [2.05, 4.69) is 0 Å². The molecule has 0 fully saturated rings. The van der Waals surface area contributed by atoms with Crippen LogP contribution in [-0.4, -0.2) is 23.5 Å². The lowest BCUT2D eigenvalue weighted by Crippen LogP contribution is -2.37. The Kier molecular flexibility index (Phi) is 4.41. The lowest BCUT2D eigenvalue weighted by Gasteiger charge is -2.36. The Balaban J connectivity index is 1.81. The number of carbonyl (C=O) groups is 2. The number of ketones is 1. The second kappa shape index (κ2) is 6.66. The number of carbonyl (C=O) groups excluding carboxylic acids is 2. The molecule has 0 saturated carbocycles. The summed E-state index contributed by atoms with van der Waals surface area (Å²) >= 11 is 0. The topological polar surface area (TPSA) is 61.8 Å². The normalized spacial score (nSPS) is 20.1. The van der Waals surface area contributed by atoms with Crippen molar-refractivity contribution in [3.63, 3.8) is 0 Å². The van der Waals surface area contributed by atoms with Crippen LogP contribution in [0.5, 0.6) is 17.2 Å². The van der Waals surface area contributed by atoms with Crippen LogP contribution in [0.1, 0.15) is 67.9 Å². The number of hydrogen-bond donors (Lipinski definition) is 0. The first-order valence-corrected chi connectivity index (χ1v) is 9.60. The van der Waals surface area contributed by atoms with Crippen LogP contribution >= 0.6 is 0 Å². The van der Waals surface area contributed by atoms with Gasteiger partial charge in [-0.2, -0.15) is 0 Å². The quantitative estimate of drug-likeness (QED) is 0.572. The van der Waals surface area contributed by atoms with E-state index < -0.39 is 5.60 Å². The smallest absolute Gasteiger partial charge is 0.312 e. The van der Waals surface area contributed by atoms with Gasteiger partial charge in [0.2, 0.25) is 0 Å². The molecule has 0 aromatic heterocycles. The molecule has 5 nitrogen and oxygen atoms in total. The molecule has 2 aromatic rings. The summed E-state index contributed by atoms with van der Waals surface area (Å²) in [6.45, 7) is 7.75. The summed E-state index contributed by atoms with van der Waals surface area (Å²) in [5.74, 6) is 1.31. The summed E-state index contributed by atoms with van der Waals surface area (Å²) < 4.78 is 17.4. The standard InChI is InChI=1S/C23H24O5/c1-13(2)26-15-7-5-14(6-8-15)17-11-20(25)27-19-10-9-16-18(24)12-23(3,4)28-22(16)21(17)19/h5-10,13,17H,11-12H2,1-4H3. The predicted molar refractivity (Wildman–Crippen MR) is 104 cm³/mol. The van der Waals surface area contributed by atoms with Gasteiger partial charge in [-0.1, -0.05) is 12.1 Å². The van der Waals surface area contributed by atoms with Gasteiger partial charge in [-0.15, -0.1) is 0 Å². The monoisotopic (exact) mass is 380 g/mol. The van der Waals surface area contributed by atoms with E-state index >= 15 is 0 Å². The van der Waals surface area contributed by atoms with Crippen molar-refractivity contribution in [1.82, 2.24) is 0 Å². The lowest BCUT2D eigenvalue weighted by molar-refractivity contribution is -0.135. The molecule has 1 unspecified atom stereocenters. The fourth-order valence-electron chi connectivity index (χ4n) is 3.89. The minimum atomic E-state index is -0.597. The number of benzene rings is 2. The van der Waals surface area contributed by atoms with Crippen LogP contribution in [0.25, 0.3) is 0 Å². The van der Waals surface area contributed by atoms with E-state index in [-0.39, 0.29) is 30.2 Å². The maximum atomic E-state index is 12.6. The van der Waals surface area contributed by atoms with Crippen LogP contribution in [0.4, 0.5) is 0 Å². The zero-order valence-corrected chi connectivity index (χ0v) is 16.6. The van der Waals surface area contributed by atoms with E-state index in [0.717, 1.165) is 16.9 Å². The van der Waals surface area contributed by atoms with E-state index in [1.807, 2.05) is 52.0 Å². The highest BCUT2D eigenvalue weighted by Crippen LogP contribution is 2.48. The molecule has 4 rings (SSSR count). The van der Waals surface area contributed by atoms with Gasteiger partial charge in [0.1, 0.15) is 22.8 Å². The molecule has 0 bridgehead atoms. The largest absolute Gasteiger partial charge is 0.491 e. The van der Waals surface area contributed by atoms with Crippen molar-refractivity contribution in [3.8, 4) is 17.2 Å². The van der Waals surface area contributed by atoms with Crippen molar-refractivity contribution in [2.45, 2.75) is 58.2 Å². The molecule has 0 N–H and O–H groups in total. The highest BCUT2D eigenvalue weighted by Gasteiger charge is 2.39. The van der Waals surface area contributed by atoms with E-state index in [1.165, 1.54) is 0 Å². The molecular formula is C23H24O5. The fraction of sp³-hybridized carbons (Fsp3) is 0.391. The summed E-state index contributed by atoms with van der Waals surface area (Å²) in [5.41, 5.74) is 1.69. The zero-order chi connectivity index (χ0) is 20.1. The predicted octanol–water partition coefficient (Wildman–Crippen LogP) is 4.66. The molecule has 0 aliphatic carbocycles. The average Bonchev–Trinajstić information content (AvgIpc) is 2.59. The van der Waals surface area contributed by atoms with Crippen LogP contribution in [0.2, 0.25) is 0 Å². The van der Waals surface area contributed by atoms with Crippen molar-refractivity contribution >= 4 is 11.8 Å². The van der Waals surface area contributed by atoms with Gasteiger partial charge < -0.3 is 14.2 Å². The van der Waals surface area contributed by atoms with Gasteiger partial charge in [0.15, 0.2) is 5.78 Å². The average molecular weight is 380 g/mol. The molecule has 1 atom stereocenters. The fourth-order valence-corrected chi connectivity index (χ4v) is 3.89. The van der Waals surface area contributed by atoms with E-state index in [9.17, 15) is 9.59 Å². The third-order valence-corrected chi connectivity index (χ3v) is 5.02. The third kappa shape index (κ3) is 3.37. The molecule has 0 radical (unpaired) electrons. The second-order valence-corrected chi connectivity index (χ2v) is 8.28. The Morgan fingerprint density at radius 1 is 1.07 bits per heavy atom. The number of fused-ring (bicyclic) bond motifs is 3. The molecular weight excluding hydrogens is 356 g/mol. The lowest BCUT2D eigenvalue weighted by atomic mass is 9.82. The first-order valence-electron chi connectivity index (χ1n) is 9.60. The maximum Gasteiger partial charge on any atom is 0.312 e. The third-order valence-electron chi connectivity index (χ3n) is 5.02. The minimum Gasteiger partial charge on any atom is -0.491 e. The van der Waals surface area contributed by atoms with Crippen molar-refractivity contribution in [1.29, 1.82) is 0 Å². The number of rotatable bonds is 3. The summed E-state index contributed by atoms with van der Waals surface area (Å²) in [6, 6.07) is 11.1. The van der Waals surface area contributed by atoms with E-state index in [0.29, 0.717) is 23.5 Å².